The molecule has 1 aliphatic carbocycles. The summed E-state index contributed by atoms with van der Waals surface area (Å²) >= 11 is 0. The molecule has 0 bridgehead atoms. The van der Waals surface area contributed by atoms with Crippen molar-refractivity contribution in [1.82, 2.24) is 25.1 Å². The monoisotopic (exact) mass is 277 g/mol. The minimum atomic E-state index is 0.237. The number of Topliss-reactive ketones (excluding diaryl/α,β-unsaturated/α-hetero) is 1. The van der Waals surface area contributed by atoms with Gasteiger partial charge in [-0.1, -0.05) is 12.8 Å². The Kier molecular flexibility index (Phi) is 4.10. The first kappa shape index (κ1) is 13.7. The Bertz CT molecular complexity index is 472. The van der Waals surface area contributed by atoms with Crippen molar-refractivity contribution in [2.45, 2.75) is 57.5 Å². The molecule has 1 saturated carbocycles. The number of aromatic nitrogens is 4. The summed E-state index contributed by atoms with van der Waals surface area (Å²) in [6.07, 6.45) is 7.69. The van der Waals surface area contributed by atoms with Crippen molar-refractivity contribution < 1.29 is 4.79 Å². The highest BCUT2D eigenvalue weighted by atomic mass is 16.1. The summed E-state index contributed by atoms with van der Waals surface area (Å²) in [6.45, 7) is 1.77. The molecule has 6 nitrogen and oxygen atoms in total. The quantitative estimate of drug-likeness (QED) is 0.834. The second-order valence-electron chi connectivity index (χ2n) is 6.05. The predicted octanol–water partition coefficient (Wildman–Crippen LogP) is 1.32. The number of hydrogen-bond donors (Lipinski definition) is 0. The smallest absolute Gasteiger partial charge is 0.188 e. The molecule has 0 aromatic carbocycles. The molecule has 3 rings (SSSR count). The molecule has 2 heterocycles. The van der Waals surface area contributed by atoms with Gasteiger partial charge in [0, 0.05) is 18.4 Å². The van der Waals surface area contributed by atoms with E-state index < -0.39 is 0 Å². The van der Waals surface area contributed by atoms with Gasteiger partial charge in [0.1, 0.15) is 5.78 Å². The van der Waals surface area contributed by atoms with E-state index in [2.05, 4.69) is 20.3 Å². The average Bonchev–Trinajstić information content (AvgIpc) is 2.86. The molecule has 0 N–H and O–H groups in total. The van der Waals surface area contributed by atoms with Crippen LogP contribution < -0.4 is 0 Å². The number of aryl methyl sites for hydroxylation is 1. The van der Waals surface area contributed by atoms with E-state index >= 15 is 0 Å². The summed E-state index contributed by atoms with van der Waals surface area (Å²) in [5.41, 5.74) is 0. The molecule has 2 fully saturated rings. The Morgan fingerprint density at radius 3 is 2.80 bits per heavy atom. The maximum Gasteiger partial charge on any atom is 0.188 e. The molecule has 110 valence electrons. The summed E-state index contributed by atoms with van der Waals surface area (Å²) in [5, 5.41) is 12.3. The first-order chi connectivity index (χ1) is 9.74. The van der Waals surface area contributed by atoms with Gasteiger partial charge in [-0.25, -0.2) is 0 Å². The van der Waals surface area contributed by atoms with E-state index in [9.17, 15) is 4.79 Å². The largest absolute Gasteiger partial charge is 0.299 e. The highest BCUT2D eigenvalue weighted by Gasteiger charge is 2.35. The number of rotatable bonds is 3. The molecule has 2 unspecified atom stereocenters. The van der Waals surface area contributed by atoms with Crippen LogP contribution in [0.5, 0.6) is 0 Å². The fourth-order valence-electron chi connectivity index (χ4n) is 3.65. The van der Waals surface area contributed by atoms with Crippen molar-refractivity contribution in [2.75, 3.05) is 6.54 Å². The molecule has 6 heteroatoms. The standard InChI is InChI=1S/C14H23N5O/c1-18-16-14(15-17-18)10-19-9-5-4-7-12(19)11-6-2-3-8-13(11)20/h11-12H,2-10H2,1H3. The third-order valence-electron chi connectivity index (χ3n) is 4.62. The molecular formula is C14H23N5O. The number of nitrogens with zero attached hydrogens (tertiary/aromatic N) is 5. The highest BCUT2D eigenvalue weighted by molar-refractivity contribution is 5.82. The normalized spacial score (nSPS) is 28.8. The first-order valence-electron chi connectivity index (χ1n) is 7.73. The zero-order valence-electron chi connectivity index (χ0n) is 12.2. The van der Waals surface area contributed by atoms with Crippen LogP contribution in [-0.4, -0.2) is 43.5 Å². The van der Waals surface area contributed by atoms with Crippen LogP contribution in [0.25, 0.3) is 0 Å². The van der Waals surface area contributed by atoms with Gasteiger partial charge in [-0.2, -0.15) is 4.80 Å². The Balaban J connectivity index is 1.71. The zero-order valence-corrected chi connectivity index (χ0v) is 12.2. The minimum Gasteiger partial charge on any atom is -0.299 e. The van der Waals surface area contributed by atoms with Crippen molar-refractivity contribution in [3.63, 3.8) is 0 Å². The minimum absolute atomic E-state index is 0.237. The molecule has 1 aromatic rings. The van der Waals surface area contributed by atoms with Gasteiger partial charge >= 0.3 is 0 Å². The summed E-state index contributed by atoms with van der Waals surface area (Å²) < 4.78 is 0. The summed E-state index contributed by atoms with van der Waals surface area (Å²) in [5.74, 6) is 1.48. The summed E-state index contributed by atoms with van der Waals surface area (Å²) in [4.78, 5) is 16.1. The molecule has 1 aromatic heterocycles. The second kappa shape index (κ2) is 5.99. The number of piperidine rings is 1. The fraction of sp³-hybridized carbons (Fsp3) is 0.857. The Labute approximate surface area is 119 Å². The van der Waals surface area contributed by atoms with E-state index in [1.807, 2.05) is 0 Å². The van der Waals surface area contributed by atoms with Crippen molar-refractivity contribution in [2.24, 2.45) is 13.0 Å². The van der Waals surface area contributed by atoms with Crippen LogP contribution in [0.15, 0.2) is 0 Å². The van der Waals surface area contributed by atoms with Crippen LogP contribution in [-0.2, 0) is 18.4 Å². The molecule has 1 aliphatic heterocycles. The fourth-order valence-corrected chi connectivity index (χ4v) is 3.65. The lowest BCUT2D eigenvalue weighted by molar-refractivity contribution is -0.127. The van der Waals surface area contributed by atoms with Crippen LogP contribution in [0, 0.1) is 5.92 Å². The molecule has 0 spiro atoms. The number of likely N-dealkylation sites (tertiary alicyclic amines) is 1. The molecule has 1 saturated heterocycles. The van der Waals surface area contributed by atoms with Crippen molar-refractivity contribution >= 4 is 5.78 Å². The number of tetrazole rings is 1. The predicted molar refractivity (Wildman–Crippen MR) is 73.8 cm³/mol. The van der Waals surface area contributed by atoms with Gasteiger partial charge in [-0.05, 0) is 37.4 Å². The maximum absolute atomic E-state index is 12.2. The van der Waals surface area contributed by atoms with Crippen molar-refractivity contribution in [1.29, 1.82) is 0 Å². The number of ketones is 1. The second-order valence-corrected chi connectivity index (χ2v) is 6.05. The number of carbonyl (C=O) groups excluding carboxylic acids is 1. The lowest BCUT2D eigenvalue weighted by Crippen LogP contribution is -2.47. The van der Waals surface area contributed by atoms with Gasteiger partial charge < -0.3 is 0 Å². The maximum atomic E-state index is 12.2. The van der Waals surface area contributed by atoms with Gasteiger partial charge in [0.05, 0.1) is 13.6 Å². The van der Waals surface area contributed by atoms with Crippen LogP contribution in [0.3, 0.4) is 0 Å². The van der Waals surface area contributed by atoms with Gasteiger partial charge in [0.15, 0.2) is 5.82 Å². The third kappa shape index (κ3) is 2.90. The van der Waals surface area contributed by atoms with Gasteiger partial charge in [0.25, 0.3) is 0 Å². The lowest BCUT2D eigenvalue weighted by atomic mass is 9.79. The molecule has 20 heavy (non-hydrogen) atoms. The van der Waals surface area contributed by atoms with Crippen LogP contribution in [0.1, 0.15) is 50.8 Å². The van der Waals surface area contributed by atoms with Crippen LogP contribution in [0.2, 0.25) is 0 Å². The number of carbonyl (C=O) groups is 1. The zero-order chi connectivity index (χ0) is 13.9. The van der Waals surface area contributed by atoms with Gasteiger partial charge in [-0.3, -0.25) is 9.69 Å². The van der Waals surface area contributed by atoms with Crippen LogP contribution in [0.4, 0.5) is 0 Å². The molecule has 0 radical (unpaired) electrons. The number of hydrogen-bond acceptors (Lipinski definition) is 5. The topological polar surface area (TPSA) is 63.9 Å². The first-order valence-corrected chi connectivity index (χ1v) is 7.73. The molecule has 2 atom stereocenters. The molecule has 0 amide bonds. The Hall–Kier alpha value is -1.30. The van der Waals surface area contributed by atoms with Gasteiger partial charge in [-0.15, -0.1) is 10.2 Å². The average molecular weight is 277 g/mol. The van der Waals surface area contributed by atoms with E-state index in [0.29, 0.717) is 11.8 Å². The molecular weight excluding hydrogens is 254 g/mol. The Morgan fingerprint density at radius 1 is 1.20 bits per heavy atom. The Morgan fingerprint density at radius 2 is 2.05 bits per heavy atom. The lowest BCUT2D eigenvalue weighted by Gasteiger charge is -2.40. The third-order valence-corrected chi connectivity index (χ3v) is 4.62. The van der Waals surface area contributed by atoms with E-state index in [1.165, 1.54) is 24.1 Å². The van der Waals surface area contributed by atoms with E-state index in [4.69, 9.17) is 0 Å². The van der Waals surface area contributed by atoms with E-state index in [-0.39, 0.29) is 5.92 Å². The van der Waals surface area contributed by atoms with Crippen molar-refractivity contribution in [3.8, 4) is 0 Å². The summed E-state index contributed by atoms with van der Waals surface area (Å²) in [7, 11) is 1.79. The van der Waals surface area contributed by atoms with E-state index in [1.54, 1.807) is 7.05 Å². The SMILES string of the molecule is Cn1nnc(CN2CCCCC2C2CCCCC2=O)n1. The van der Waals surface area contributed by atoms with Gasteiger partial charge in [0.2, 0.25) is 0 Å². The van der Waals surface area contributed by atoms with E-state index in [0.717, 1.165) is 44.6 Å². The van der Waals surface area contributed by atoms with Crippen molar-refractivity contribution in [3.05, 3.63) is 5.82 Å². The summed E-state index contributed by atoms with van der Waals surface area (Å²) in [6, 6.07) is 0.389. The highest BCUT2D eigenvalue weighted by Crippen LogP contribution is 2.32. The van der Waals surface area contributed by atoms with Crippen LogP contribution >= 0.6 is 0 Å². The molecule has 2 aliphatic rings.